The maximum atomic E-state index is 4.90. The van der Waals surface area contributed by atoms with Crippen molar-refractivity contribution >= 4 is 34.1 Å². The summed E-state index contributed by atoms with van der Waals surface area (Å²) in [4.78, 5) is 14.6. The number of anilines is 6. The van der Waals surface area contributed by atoms with E-state index in [4.69, 9.17) is 9.97 Å². The summed E-state index contributed by atoms with van der Waals surface area (Å²) in [6.07, 6.45) is 3.74. The molecule has 0 atom stereocenters. The minimum Gasteiger partial charge on any atom is -0.309 e. The lowest BCUT2D eigenvalue weighted by Crippen LogP contribution is -2.13. The maximum Gasteiger partial charge on any atom is 0.0723 e. The molecule has 74 heavy (non-hydrogen) atoms. The molecular weight excluding hydrogens is 897 g/mol. The van der Waals surface area contributed by atoms with Crippen LogP contribution in [0.2, 0.25) is 0 Å². The molecule has 4 nitrogen and oxygen atoms in total. The van der Waals surface area contributed by atoms with Gasteiger partial charge in [0.2, 0.25) is 0 Å². The van der Waals surface area contributed by atoms with Gasteiger partial charge in [-0.1, -0.05) is 218 Å². The number of benzene rings is 10. The molecule has 0 radical (unpaired) electrons. The van der Waals surface area contributed by atoms with E-state index in [1.807, 2.05) is 24.5 Å². The van der Waals surface area contributed by atoms with Crippen molar-refractivity contribution in [1.82, 2.24) is 9.97 Å². The lowest BCUT2D eigenvalue weighted by atomic mass is 9.95. The summed E-state index contributed by atoms with van der Waals surface area (Å²) in [6, 6.07) is 103. The Bertz CT molecular complexity index is 3390. The first kappa shape index (κ1) is 45.3. The molecule has 0 bridgehead atoms. The Kier molecular flexibility index (Phi) is 12.7. The van der Waals surface area contributed by atoms with Crippen LogP contribution in [0.5, 0.6) is 0 Å². The smallest absolute Gasteiger partial charge is 0.0723 e. The van der Waals surface area contributed by atoms with Crippen LogP contribution in [0.4, 0.5) is 34.1 Å². The SMILES string of the molecule is c1ccc(-c2ccc(N(c3ccc(-c4ccc(N(c5ccc(-c6ccccc6)cc5)c5c(-c6ccccc6)cccc5-c5ccccn5)cc4)cc3)c3c(-c4ccccc4)cccc3-c3ccccn3)cc2)cc1. The predicted molar refractivity (Wildman–Crippen MR) is 309 cm³/mol. The highest BCUT2D eigenvalue weighted by Gasteiger charge is 2.25. The van der Waals surface area contributed by atoms with E-state index >= 15 is 0 Å². The number of hydrogen-bond donors (Lipinski definition) is 0. The van der Waals surface area contributed by atoms with Crippen LogP contribution in [-0.4, -0.2) is 9.97 Å². The summed E-state index contributed by atoms with van der Waals surface area (Å²) in [7, 11) is 0. The van der Waals surface area contributed by atoms with Gasteiger partial charge in [-0.05, 0) is 117 Å². The molecule has 0 aliphatic rings. The zero-order valence-electron chi connectivity index (χ0n) is 40.7. The number of para-hydroxylation sites is 2. The Morgan fingerprint density at radius 2 is 0.446 bits per heavy atom. The molecule has 0 saturated heterocycles. The van der Waals surface area contributed by atoms with Crippen LogP contribution in [0, 0.1) is 0 Å². The second-order valence-electron chi connectivity index (χ2n) is 18.2. The average Bonchev–Trinajstić information content (AvgIpc) is 3.50. The van der Waals surface area contributed by atoms with Gasteiger partial charge in [0.05, 0.1) is 22.8 Å². The van der Waals surface area contributed by atoms with Gasteiger partial charge >= 0.3 is 0 Å². The van der Waals surface area contributed by atoms with Gasteiger partial charge in [0, 0.05) is 57.4 Å². The van der Waals surface area contributed by atoms with E-state index < -0.39 is 0 Å². The van der Waals surface area contributed by atoms with Gasteiger partial charge in [0.25, 0.3) is 0 Å². The largest absolute Gasteiger partial charge is 0.309 e. The molecule has 0 N–H and O–H groups in total. The summed E-state index contributed by atoms with van der Waals surface area (Å²) in [5, 5.41) is 0. The average molecular weight is 947 g/mol. The normalized spacial score (nSPS) is 11.0. The van der Waals surface area contributed by atoms with Crippen molar-refractivity contribution in [2.75, 3.05) is 9.80 Å². The van der Waals surface area contributed by atoms with E-state index in [0.29, 0.717) is 0 Å². The van der Waals surface area contributed by atoms with Gasteiger partial charge in [-0.15, -0.1) is 0 Å². The zero-order valence-corrected chi connectivity index (χ0v) is 40.7. The lowest BCUT2D eigenvalue weighted by Gasteiger charge is -2.31. The number of nitrogens with zero attached hydrogens (tertiary/aromatic N) is 4. The van der Waals surface area contributed by atoms with Crippen molar-refractivity contribution in [3.05, 3.63) is 304 Å². The quantitative estimate of drug-likeness (QED) is 0.115. The fourth-order valence-corrected chi connectivity index (χ4v) is 10.0. The summed E-state index contributed by atoms with van der Waals surface area (Å²) < 4.78 is 0. The Morgan fingerprint density at radius 3 is 0.730 bits per heavy atom. The van der Waals surface area contributed by atoms with Crippen molar-refractivity contribution in [3.8, 4) is 78.1 Å². The first-order chi connectivity index (χ1) is 36.7. The van der Waals surface area contributed by atoms with Crippen LogP contribution in [0.25, 0.3) is 78.1 Å². The van der Waals surface area contributed by atoms with E-state index in [0.717, 1.165) is 101 Å². The Balaban J connectivity index is 0.972. The number of pyridine rings is 2. The van der Waals surface area contributed by atoms with Crippen LogP contribution >= 0.6 is 0 Å². The van der Waals surface area contributed by atoms with Crippen LogP contribution in [0.3, 0.4) is 0 Å². The van der Waals surface area contributed by atoms with Gasteiger partial charge < -0.3 is 9.80 Å². The van der Waals surface area contributed by atoms with Crippen molar-refractivity contribution in [2.24, 2.45) is 0 Å². The molecule has 2 aromatic heterocycles. The topological polar surface area (TPSA) is 32.3 Å². The third-order valence-electron chi connectivity index (χ3n) is 13.6. The number of rotatable bonds is 13. The van der Waals surface area contributed by atoms with Crippen LogP contribution in [0.1, 0.15) is 0 Å². The second kappa shape index (κ2) is 20.8. The third-order valence-corrected chi connectivity index (χ3v) is 13.6. The fourth-order valence-electron chi connectivity index (χ4n) is 10.0. The molecule has 0 amide bonds. The molecule has 0 unspecified atom stereocenters. The van der Waals surface area contributed by atoms with Gasteiger partial charge in [-0.2, -0.15) is 0 Å². The van der Waals surface area contributed by atoms with Gasteiger partial charge in [0.15, 0.2) is 0 Å². The molecule has 350 valence electrons. The molecule has 0 spiro atoms. The van der Waals surface area contributed by atoms with E-state index in [1.165, 1.54) is 11.1 Å². The molecule has 12 aromatic rings. The Hall–Kier alpha value is -9.90. The van der Waals surface area contributed by atoms with Crippen molar-refractivity contribution < 1.29 is 0 Å². The monoisotopic (exact) mass is 946 g/mol. The number of aromatic nitrogens is 2. The molecule has 0 aliphatic heterocycles. The predicted octanol–water partition coefficient (Wildman–Crippen LogP) is 19.1. The standard InChI is InChI=1S/C70H50N4/c1-5-19-51(20-6-1)53-33-41-59(42-34-53)73(69-63(57-23-9-3-10-24-57)27-17-29-65(69)67-31-13-15-49-71-67)61-45-37-55(38-46-61)56-39-47-62(48-40-56)74(60-43-35-54(36-44-60)52-21-7-2-8-22-52)70-64(58-25-11-4-12-26-58)28-18-30-66(70)68-32-14-16-50-72-68/h1-50H. The summed E-state index contributed by atoms with van der Waals surface area (Å²) in [6.45, 7) is 0. The first-order valence-electron chi connectivity index (χ1n) is 25.0. The van der Waals surface area contributed by atoms with Crippen molar-refractivity contribution in [2.45, 2.75) is 0 Å². The highest BCUT2D eigenvalue weighted by molar-refractivity contribution is 5.99. The minimum absolute atomic E-state index is 0.905. The molecule has 0 aliphatic carbocycles. The Labute approximate surface area is 433 Å². The minimum atomic E-state index is 0.905. The summed E-state index contributed by atoms with van der Waals surface area (Å²) in [5.74, 6) is 0. The van der Waals surface area contributed by atoms with E-state index in [2.05, 4.69) is 289 Å². The van der Waals surface area contributed by atoms with Crippen LogP contribution in [0.15, 0.2) is 304 Å². The van der Waals surface area contributed by atoms with Gasteiger partial charge in [-0.25, -0.2) is 0 Å². The summed E-state index contributed by atoms with van der Waals surface area (Å²) in [5.41, 5.74) is 21.5. The molecule has 2 heterocycles. The highest BCUT2D eigenvalue weighted by atomic mass is 15.2. The second-order valence-corrected chi connectivity index (χ2v) is 18.2. The van der Waals surface area contributed by atoms with Crippen molar-refractivity contribution in [3.63, 3.8) is 0 Å². The lowest BCUT2D eigenvalue weighted by molar-refractivity contribution is 1.26. The number of hydrogen-bond acceptors (Lipinski definition) is 4. The molecule has 0 fully saturated rings. The maximum absolute atomic E-state index is 4.90. The van der Waals surface area contributed by atoms with E-state index in [-0.39, 0.29) is 0 Å². The Morgan fingerprint density at radius 1 is 0.189 bits per heavy atom. The summed E-state index contributed by atoms with van der Waals surface area (Å²) >= 11 is 0. The molecule has 10 aromatic carbocycles. The van der Waals surface area contributed by atoms with Gasteiger partial charge in [-0.3, -0.25) is 9.97 Å². The molecule has 4 heteroatoms. The molecular formula is C70H50N4. The van der Waals surface area contributed by atoms with Crippen molar-refractivity contribution in [1.29, 1.82) is 0 Å². The van der Waals surface area contributed by atoms with Gasteiger partial charge in [0.1, 0.15) is 0 Å². The highest BCUT2D eigenvalue weighted by Crippen LogP contribution is 2.49. The third kappa shape index (κ3) is 9.27. The van der Waals surface area contributed by atoms with Crippen LogP contribution < -0.4 is 9.80 Å². The van der Waals surface area contributed by atoms with E-state index in [1.54, 1.807) is 0 Å². The van der Waals surface area contributed by atoms with Crippen LogP contribution in [-0.2, 0) is 0 Å². The molecule has 12 rings (SSSR count). The molecule has 0 saturated carbocycles. The first-order valence-corrected chi connectivity index (χ1v) is 25.0. The zero-order chi connectivity index (χ0) is 49.5. The van der Waals surface area contributed by atoms with E-state index in [9.17, 15) is 0 Å². The fraction of sp³-hybridized carbons (Fsp3) is 0.